The smallest absolute Gasteiger partial charge is 0.326 e. The van der Waals surface area contributed by atoms with Gasteiger partial charge in [-0.1, -0.05) is 63.9 Å². The first-order chi connectivity index (χ1) is 60.9. The highest BCUT2D eigenvalue weighted by Crippen LogP contribution is 2.25. The average molecular weight is 1840 g/mol. The number of nitrogens with two attached hydrogens (primary N) is 5. The van der Waals surface area contributed by atoms with Crippen molar-refractivity contribution < 1.29 is 96.2 Å². The van der Waals surface area contributed by atoms with Gasteiger partial charge in [-0.2, -0.15) is 25.3 Å². The van der Waals surface area contributed by atoms with Crippen LogP contribution < -0.4 is 97.8 Å². The number of carbonyl (C=O) groups excluding carboxylic acids is 18. The lowest BCUT2D eigenvalue weighted by Crippen LogP contribution is -2.59. The molecule has 1 aromatic heterocycles. The first-order valence-corrected chi connectivity index (χ1v) is 44.4. The van der Waals surface area contributed by atoms with E-state index < -0.39 is 223 Å². The Balaban J connectivity index is 1.49. The molecule has 2 aliphatic heterocycles. The molecule has 44 nitrogen and oxygen atoms in total. The van der Waals surface area contributed by atoms with Crippen LogP contribution in [0.25, 0.3) is 0 Å². The molecule has 1 aromatic carbocycles. The topological polar surface area (TPSA) is 714 Å². The molecule has 0 spiro atoms. The summed E-state index contributed by atoms with van der Waals surface area (Å²) in [4.78, 5) is 268. The number of hydrogen-bond donors (Lipinski definition) is 24. The summed E-state index contributed by atoms with van der Waals surface area (Å²) in [5.74, 6) is -18.7. The third-order valence-electron chi connectivity index (χ3n) is 21.2. The molecule has 12 atom stereocenters. The van der Waals surface area contributed by atoms with E-state index in [9.17, 15) is 96.2 Å². The van der Waals surface area contributed by atoms with Crippen molar-refractivity contribution in [1.29, 1.82) is 10.8 Å². The van der Waals surface area contributed by atoms with E-state index in [4.69, 9.17) is 39.5 Å². The molecule has 2 fully saturated rings. The number of carboxylic acids is 1. The number of ketones is 4. The van der Waals surface area contributed by atoms with Crippen LogP contribution in [-0.4, -0.2) is 279 Å². The summed E-state index contributed by atoms with van der Waals surface area (Å²) in [7, 11) is 0. The number of imidazole rings is 1. The molecule has 0 saturated carbocycles. The number of nitrogens with one attached hydrogen (secondary N) is 16. The molecule has 27 N–H and O–H groups in total. The van der Waals surface area contributed by atoms with Crippen LogP contribution in [0.2, 0.25) is 0 Å². The maximum absolute atomic E-state index is 14.9. The Kier molecular flexibility index (Phi) is 49.8. The first-order valence-electron chi connectivity index (χ1n) is 43.1. The molecule has 0 radical (unpaired) electrons. The van der Waals surface area contributed by atoms with Gasteiger partial charge in [0, 0.05) is 119 Å². The monoisotopic (exact) mass is 1830 g/mol. The van der Waals surface area contributed by atoms with Crippen molar-refractivity contribution in [2.75, 3.05) is 70.4 Å². The van der Waals surface area contributed by atoms with Crippen LogP contribution in [0.15, 0.2) is 42.9 Å². The summed E-state index contributed by atoms with van der Waals surface area (Å²) in [6.07, 6.45) is 2.41. The highest BCUT2D eigenvalue weighted by molar-refractivity contribution is 7.80. The molecule has 0 bridgehead atoms. The van der Waals surface area contributed by atoms with Crippen molar-refractivity contribution in [2.45, 2.75) is 242 Å². The van der Waals surface area contributed by atoms with Crippen molar-refractivity contribution >= 4 is 149 Å². The van der Waals surface area contributed by atoms with Crippen molar-refractivity contribution in [3.05, 3.63) is 54.1 Å². The molecule has 2 saturated heterocycles. The molecule has 2 aliphatic rings. The molecule has 14 amide bonds. The fourth-order valence-electron chi connectivity index (χ4n) is 14.3. The normalized spacial score (nSPS) is 15.8. The van der Waals surface area contributed by atoms with E-state index in [1.54, 1.807) is 44.2 Å². The molecule has 128 heavy (non-hydrogen) atoms. The van der Waals surface area contributed by atoms with Gasteiger partial charge in [-0.05, 0) is 108 Å². The number of primary amides is 1. The van der Waals surface area contributed by atoms with Crippen LogP contribution in [-0.2, 0) is 104 Å². The number of rotatable bonds is 63. The van der Waals surface area contributed by atoms with Crippen molar-refractivity contribution in [1.82, 2.24) is 88.9 Å². The number of guanidine groups is 2. The van der Waals surface area contributed by atoms with Crippen molar-refractivity contribution in [3.63, 3.8) is 0 Å². The maximum atomic E-state index is 14.9. The quantitative estimate of drug-likeness (QED) is 0.0128. The Hall–Kier alpha value is -11.7. The van der Waals surface area contributed by atoms with E-state index in [0.29, 0.717) is 43.4 Å². The molecule has 3 heterocycles. The summed E-state index contributed by atoms with van der Waals surface area (Å²) < 4.78 is 0. The molecule has 0 unspecified atom stereocenters. The second-order valence-electron chi connectivity index (χ2n) is 32.0. The number of aromatic amines is 1. The van der Waals surface area contributed by atoms with Gasteiger partial charge in [-0.3, -0.25) is 97.1 Å². The lowest BCUT2D eigenvalue weighted by molar-refractivity contribution is -0.143. The van der Waals surface area contributed by atoms with Gasteiger partial charge in [-0.25, -0.2) is 9.78 Å². The Bertz CT molecular complexity index is 4110. The van der Waals surface area contributed by atoms with Crippen LogP contribution in [0.1, 0.15) is 180 Å². The van der Waals surface area contributed by atoms with E-state index in [1.165, 1.54) is 22.3 Å². The van der Waals surface area contributed by atoms with Crippen LogP contribution in [0.3, 0.4) is 0 Å². The van der Waals surface area contributed by atoms with Gasteiger partial charge >= 0.3 is 5.97 Å². The van der Waals surface area contributed by atoms with E-state index in [2.05, 4.69) is 104 Å². The number of H-pyrrole nitrogens is 1. The first kappa shape index (κ1) is 109. The molecular weight excluding hydrogens is 1710 g/mol. The molecule has 46 heteroatoms. The number of aliphatic carboxylic acids is 1. The Labute approximate surface area is 753 Å². The standard InChI is InChI=1S/C82H130N24O20S2/c1-4-5-17-57(73(118)104-62(45-128)76(121)102-60(80(125)126)35-48-15-7-6-8-16-48)99-77(122)63-21-13-32-105(63)69(114)43-95-72(117)56(18-9-10-29-83)98-74(119)59(38-51-40-90-46-96-51)101-75(120)61(44-127)103-71(116)50(34-47(2)3)37-65(110)55(19-11-30-91-81(86)87)97-78(123)64-22-14-33-106(64)79(124)58(20-12-31-92-82(88)89)100-70(115)49(23-26-66(85)111)36-54(109)42-94-68(113)28-25-53(108)41-93-67(112)27-24-52(107)39-84/h6-8,15-16,40,46-47,49-50,55-64,127-128H,4-5,9-14,17-39,41-45,83-84H2,1-3H3,(H2,85,111)(H,90,96)(H,93,112)(H,94,113)(H,95,117)(H,97,123)(H,98,119)(H,99,122)(H,100,115)(H,101,120)(H,102,121)(H,103,116)(H,104,118)(H,125,126)(H4,86,87,91)(H4,88,89,92)/t49-,50-,55+,56-,57+,58+,59-,60+,61+,62+,63-,64+/m0/s1. The predicted molar refractivity (Wildman–Crippen MR) is 474 cm³/mol. The number of likely N-dealkylation sites (tertiary alicyclic amines) is 2. The van der Waals surface area contributed by atoms with Gasteiger partial charge in [-0.15, -0.1) is 0 Å². The van der Waals surface area contributed by atoms with Gasteiger partial charge in [0.05, 0.1) is 38.5 Å². The molecule has 710 valence electrons. The number of benzene rings is 1. The summed E-state index contributed by atoms with van der Waals surface area (Å²) >= 11 is 8.65. The maximum Gasteiger partial charge on any atom is 0.326 e. The number of carbonyl (C=O) groups is 19. The SMILES string of the molecule is CCCC[C@@H](NC(=O)[C@@H]1CCCN1C(=O)CNC(=O)[C@H](CCCCN)NC(=O)[C@H](Cc1cnc[nH]1)NC(=O)[C@@H](CS)NC(=O)[C@H](CC(=O)[C@@H](CCCNC(=N)N)NC(=O)[C@H]1CCCN1C(=O)[C@@H](CCCNC(=N)N)NC(=O)[C@@H](CCC(N)=O)CC(=O)CNC(=O)CCC(=O)CNC(=O)CCC(=O)CN)CC(C)C)C(=O)N[C@H](CS)C(=O)N[C@H](Cc1ccccc1)C(=O)O. The molecule has 0 aliphatic carbocycles. The zero-order valence-electron chi connectivity index (χ0n) is 72.8. The number of nitrogens with zero attached hydrogens (tertiary/aromatic N) is 3. The van der Waals surface area contributed by atoms with Gasteiger partial charge in [0.2, 0.25) is 82.7 Å². The summed E-state index contributed by atoms with van der Waals surface area (Å²) in [5.41, 5.74) is 28.6. The summed E-state index contributed by atoms with van der Waals surface area (Å²) in [5, 5.41) is 59.1. The number of hydrogen-bond acceptors (Lipinski definition) is 26. The third kappa shape index (κ3) is 40.5. The Morgan fingerprint density at radius 1 is 0.508 bits per heavy atom. The number of unbranched alkanes of at least 4 members (excludes halogenated alkanes) is 2. The summed E-state index contributed by atoms with van der Waals surface area (Å²) in [6.45, 7) is 3.83. The fraction of sp³-hybridized carbons (Fsp3) is 0.634. The van der Waals surface area contributed by atoms with Gasteiger partial charge < -0.3 is 118 Å². The zero-order chi connectivity index (χ0) is 95.0. The van der Waals surface area contributed by atoms with Gasteiger partial charge in [0.1, 0.15) is 60.2 Å². The van der Waals surface area contributed by atoms with Gasteiger partial charge in [0.15, 0.2) is 29.3 Å². The largest absolute Gasteiger partial charge is 0.480 e. The minimum atomic E-state index is -1.50. The molecular formula is C82H130N24O20S2. The number of amides is 14. The third-order valence-corrected chi connectivity index (χ3v) is 22.0. The fourth-order valence-corrected chi connectivity index (χ4v) is 14.8. The predicted octanol–water partition coefficient (Wildman–Crippen LogP) is -4.69. The average Bonchev–Trinajstić information content (AvgIpc) is 1.55. The molecule has 4 rings (SSSR count). The second-order valence-corrected chi connectivity index (χ2v) is 32.7. The number of carboxylic acid groups (broad SMARTS) is 1. The van der Waals surface area contributed by atoms with E-state index in [0.717, 1.165) is 0 Å². The zero-order valence-corrected chi connectivity index (χ0v) is 74.6. The Morgan fingerprint density at radius 3 is 1.56 bits per heavy atom. The lowest BCUT2D eigenvalue weighted by atomic mass is 9.88. The Morgan fingerprint density at radius 2 is 1.01 bits per heavy atom. The van der Waals surface area contributed by atoms with Crippen molar-refractivity contribution in [2.24, 2.45) is 46.4 Å². The highest BCUT2D eigenvalue weighted by Gasteiger charge is 2.42. The van der Waals surface area contributed by atoms with E-state index >= 15 is 0 Å². The van der Waals surface area contributed by atoms with Crippen LogP contribution in [0.5, 0.6) is 0 Å². The van der Waals surface area contributed by atoms with Crippen molar-refractivity contribution in [3.8, 4) is 0 Å². The highest BCUT2D eigenvalue weighted by atomic mass is 32.1. The lowest BCUT2D eigenvalue weighted by Gasteiger charge is -2.31. The molecule has 2 aromatic rings. The minimum Gasteiger partial charge on any atom is -0.480 e. The van der Waals surface area contributed by atoms with E-state index in [-0.39, 0.29) is 178 Å². The number of Topliss-reactive ketones (excluding diaryl/α,β-unsaturated/α-hetero) is 4. The van der Waals surface area contributed by atoms with Gasteiger partial charge in [0.25, 0.3) is 0 Å². The number of thiol groups is 2. The van der Waals surface area contributed by atoms with Crippen LogP contribution in [0.4, 0.5) is 0 Å². The van der Waals surface area contributed by atoms with E-state index in [1.807, 2.05) is 6.92 Å². The summed E-state index contributed by atoms with van der Waals surface area (Å²) in [6, 6.07) is -4.74. The number of aromatic nitrogens is 2. The van der Waals surface area contributed by atoms with Crippen LogP contribution >= 0.6 is 25.3 Å². The minimum absolute atomic E-state index is 0.0150. The second kappa shape index (κ2) is 58.6. The van der Waals surface area contributed by atoms with Crippen LogP contribution in [0, 0.1) is 28.6 Å².